The Hall–Kier alpha value is -3.03. The third-order valence-corrected chi connectivity index (χ3v) is 5.42. The van der Waals surface area contributed by atoms with Crippen molar-refractivity contribution in [2.45, 2.75) is 52.2 Å². The molecule has 1 N–H and O–H groups in total. The van der Waals surface area contributed by atoms with Gasteiger partial charge in [0.25, 0.3) is 0 Å². The quantitative estimate of drug-likeness (QED) is 0.789. The fourth-order valence-electron chi connectivity index (χ4n) is 3.88. The van der Waals surface area contributed by atoms with Gasteiger partial charge in [-0.3, -0.25) is 0 Å². The molecule has 1 fully saturated rings. The summed E-state index contributed by atoms with van der Waals surface area (Å²) in [6.07, 6.45) is 2.68. The number of anilines is 3. The van der Waals surface area contributed by atoms with Gasteiger partial charge in [-0.1, -0.05) is 6.07 Å². The largest absolute Gasteiger partial charge is 0.497 e. The summed E-state index contributed by atoms with van der Waals surface area (Å²) in [5, 5.41) is 3.44. The van der Waals surface area contributed by atoms with Gasteiger partial charge in [0, 0.05) is 43.4 Å². The molecule has 0 aliphatic carbocycles. The van der Waals surface area contributed by atoms with E-state index in [-0.39, 0.29) is 6.09 Å². The number of carbonyl (C=O) groups is 1. The molecule has 0 unspecified atom stereocenters. The van der Waals surface area contributed by atoms with Crippen molar-refractivity contribution in [2.24, 2.45) is 0 Å². The molecule has 2 aromatic rings. The van der Waals surface area contributed by atoms with Gasteiger partial charge in [-0.15, -0.1) is 0 Å². The number of hydrogen-bond donors (Lipinski definition) is 1. The van der Waals surface area contributed by atoms with E-state index in [2.05, 4.69) is 10.2 Å². The molecular formula is C23H31N5O3. The maximum Gasteiger partial charge on any atom is 0.410 e. The molecule has 0 atom stereocenters. The maximum absolute atomic E-state index is 12.7. The van der Waals surface area contributed by atoms with Crippen molar-refractivity contribution in [2.75, 3.05) is 37.0 Å². The lowest BCUT2D eigenvalue weighted by atomic mass is 10.1. The van der Waals surface area contributed by atoms with Gasteiger partial charge in [-0.25, -0.2) is 9.78 Å². The molecule has 0 spiro atoms. The van der Waals surface area contributed by atoms with Crippen LogP contribution < -0.4 is 15.0 Å². The summed E-state index contributed by atoms with van der Waals surface area (Å²) in [5.41, 5.74) is 2.27. The van der Waals surface area contributed by atoms with Gasteiger partial charge in [0.15, 0.2) is 0 Å². The lowest BCUT2D eigenvalue weighted by Gasteiger charge is -2.32. The summed E-state index contributed by atoms with van der Waals surface area (Å²) in [4.78, 5) is 26.4. The lowest BCUT2D eigenvalue weighted by Crippen LogP contribution is -2.40. The number of ether oxygens (including phenoxy) is 2. The third kappa shape index (κ3) is 5.00. The molecule has 1 amide bonds. The van der Waals surface area contributed by atoms with Crippen LogP contribution in [-0.2, 0) is 17.7 Å². The van der Waals surface area contributed by atoms with Gasteiger partial charge in [0.1, 0.15) is 17.2 Å². The fraction of sp³-hybridized carbons (Fsp3) is 0.522. The first-order valence-electron chi connectivity index (χ1n) is 10.9. The minimum Gasteiger partial charge on any atom is -0.497 e. The number of carbonyl (C=O) groups excluding carboxylic acids is 1. The third-order valence-electron chi connectivity index (χ3n) is 5.42. The first-order valence-corrected chi connectivity index (χ1v) is 10.9. The predicted octanol–water partition coefficient (Wildman–Crippen LogP) is 4.12. The summed E-state index contributed by atoms with van der Waals surface area (Å²) in [7, 11) is 1.65. The van der Waals surface area contributed by atoms with Crippen molar-refractivity contribution in [3.8, 4) is 5.75 Å². The second-order valence-electron chi connectivity index (χ2n) is 9.00. The smallest absolute Gasteiger partial charge is 0.410 e. The van der Waals surface area contributed by atoms with E-state index < -0.39 is 5.60 Å². The molecule has 4 rings (SSSR count). The van der Waals surface area contributed by atoms with Gasteiger partial charge in [0.05, 0.1) is 19.3 Å². The number of nitrogens with one attached hydrogen (secondary N) is 1. The molecule has 0 radical (unpaired) electrons. The van der Waals surface area contributed by atoms with Crippen molar-refractivity contribution in [1.82, 2.24) is 14.9 Å². The topological polar surface area (TPSA) is 79.8 Å². The molecule has 2 aliphatic rings. The van der Waals surface area contributed by atoms with Gasteiger partial charge >= 0.3 is 6.09 Å². The van der Waals surface area contributed by atoms with Crippen LogP contribution in [0.15, 0.2) is 24.3 Å². The van der Waals surface area contributed by atoms with Crippen LogP contribution in [0.4, 0.5) is 22.2 Å². The highest BCUT2D eigenvalue weighted by molar-refractivity contribution is 5.70. The first kappa shape index (κ1) is 21.2. The second kappa shape index (κ2) is 8.61. The number of amides is 1. The highest BCUT2D eigenvalue weighted by atomic mass is 16.6. The van der Waals surface area contributed by atoms with Crippen LogP contribution in [0.5, 0.6) is 5.75 Å². The Bertz CT molecular complexity index is 951. The average molecular weight is 426 g/mol. The van der Waals surface area contributed by atoms with Gasteiger partial charge in [-0.2, -0.15) is 4.98 Å². The molecule has 31 heavy (non-hydrogen) atoms. The van der Waals surface area contributed by atoms with E-state index in [0.717, 1.165) is 60.4 Å². The predicted molar refractivity (Wildman–Crippen MR) is 120 cm³/mol. The number of hydrogen-bond acceptors (Lipinski definition) is 7. The summed E-state index contributed by atoms with van der Waals surface area (Å²) in [6.45, 7) is 8.58. The Morgan fingerprint density at radius 2 is 1.90 bits per heavy atom. The molecular weight excluding hydrogens is 394 g/mol. The molecule has 1 aromatic carbocycles. The minimum absolute atomic E-state index is 0.311. The van der Waals surface area contributed by atoms with Gasteiger partial charge < -0.3 is 24.6 Å². The molecule has 1 saturated heterocycles. The normalized spacial score (nSPS) is 16.1. The van der Waals surface area contributed by atoms with E-state index >= 15 is 0 Å². The van der Waals surface area contributed by atoms with Crippen LogP contribution in [0.2, 0.25) is 0 Å². The van der Waals surface area contributed by atoms with Crippen molar-refractivity contribution < 1.29 is 14.3 Å². The molecule has 0 saturated carbocycles. The van der Waals surface area contributed by atoms with E-state index in [4.69, 9.17) is 19.4 Å². The average Bonchev–Trinajstić information content (AvgIpc) is 3.27. The Labute approximate surface area is 183 Å². The number of rotatable bonds is 4. The number of aromatic nitrogens is 2. The first-order chi connectivity index (χ1) is 14.8. The summed E-state index contributed by atoms with van der Waals surface area (Å²) in [6, 6.07) is 7.74. The van der Waals surface area contributed by atoms with E-state index in [9.17, 15) is 4.79 Å². The van der Waals surface area contributed by atoms with Crippen LogP contribution in [0, 0.1) is 0 Å². The van der Waals surface area contributed by atoms with Crippen molar-refractivity contribution in [1.29, 1.82) is 0 Å². The molecule has 3 heterocycles. The number of fused-ring (bicyclic) bond motifs is 1. The maximum atomic E-state index is 12.7. The number of benzene rings is 1. The molecule has 8 nitrogen and oxygen atoms in total. The number of methoxy groups -OCH3 is 1. The van der Waals surface area contributed by atoms with Crippen LogP contribution in [0.1, 0.15) is 44.9 Å². The molecule has 2 aliphatic heterocycles. The Kier molecular flexibility index (Phi) is 5.89. The standard InChI is InChI=1S/C23H31N5O3/c1-23(2,3)31-22(29)28-13-10-19-18(15-28)20(24-16-8-7-9-17(14-16)30-4)26-21(25-19)27-11-5-6-12-27/h7-9,14H,5-6,10-13,15H2,1-4H3,(H,24,25,26). The van der Waals surface area contributed by atoms with Crippen LogP contribution >= 0.6 is 0 Å². The van der Waals surface area contributed by atoms with Crippen molar-refractivity contribution >= 4 is 23.5 Å². The Morgan fingerprint density at radius 3 is 2.61 bits per heavy atom. The second-order valence-corrected chi connectivity index (χ2v) is 9.00. The fourth-order valence-corrected chi connectivity index (χ4v) is 3.88. The molecule has 166 valence electrons. The Morgan fingerprint density at radius 1 is 1.13 bits per heavy atom. The highest BCUT2D eigenvalue weighted by Crippen LogP contribution is 2.31. The van der Waals surface area contributed by atoms with E-state index in [1.165, 1.54) is 0 Å². The highest BCUT2D eigenvalue weighted by Gasteiger charge is 2.30. The van der Waals surface area contributed by atoms with Crippen LogP contribution in [-0.4, -0.2) is 53.3 Å². The van der Waals surface area contributed by atoms with Crippen molar-refractivity contribution in [3.05, 3.63) is 35.5 Å². The van der Waals surface area contributed by atoms with Crippen LogP contribution in [0.3, 0.4) is 0 Å². The SMILES string of the molecule is COc1cccc(Nc2nc(N3CCCC3)nc3c2CN(C(=O)OC(C)(C)C)CC3)c1. The zero-order chi connectivity index (χ0) is 22.0. The summed E-state index contributed by atoms with van der Waals surface area (Å²) < 4.78 is 10.9. The zero-order valence-electron chi connectivity index (χ0n) is 18.8. The van der Waals surface area contributed by atoms with E-state index in [1.807, 2.05) is 45.0 Å². The van der Waals surface area contributed by atoms with Gasteiger partial charge in [-0.05, 0) is 45.7 Å². The zero-order valence-corrected chi connectivity index (χ0v) is 18.8. The molecule has 0 bridgehead atoms. The molecule has 1 aromatic heterocycles. The summed E-state index contributed by atoms with van der Waals surface area (Å²) >= 11 is 0. The molecule has 8 heteroatoms. The monoisotopic (exact) mass is 425 g/mol. The summed E-state index contributed by atoms with van der Waals surface area (Å²) in [5.74, 6) is 2.25. The van der Waals surface area contributed by atoms with E-state index in [1.54, 1.807) is 12.0 Å². The minimum atomic E-state index is -0.533. The van der Waals surface area contributed by atoms with Crippen molar-refractivity contribution in [3.63, 3.8) is 0 Å². The number of nitrogens with zero attached hydrogens (tertiary/aromatic N) is 4. The van der Waals surface area contributed by atoms with Gasteiger partial charge in [0.2, 0.25) is 5.95 Å². The lowest BCUT2D eigenvalue weighted by molar-refractivity contribution is 0.0223. The van der Waals surface area contributed by atoms with Crippen LogP contribution in [0.25, 0.3) is 0 Å². The van der Waals surface area contributed by atoms with E-state index in [0.29, 0.717) is 19.5 Å². The Balaban J connectivity index is 1.66.